The summed E-state index contributed by atoms with van der Waals surface area (Å²) in [5.74, 6) is 1.20. The minimum absolute atomic E-state index is 0.457. The van der Waals surface area contributed by atoms with Crippen LogP contribution >= 0.6 is 0 Å². The fraction of sp³-hybridized carbons (Fsp3) is 0.727. The molecule has 0 radical (unpaired) electrons. The molecule has 1 aliphatic heterocycles. The van der Waals surface area contributed by atoms with Crippen molar-refractivity contribution >= 4 is 0 Å². The van der Waals surface area contributed by atoms with Gasteiger partial charge in [-0.05, 0) is 12.8 Å². The van der Waals surface area contributed by atoms with Crippen LogP contribution in [0, 0.1) is 5.41 Å². The summed E-state index contributed by atoms with van der Waals surface area (Å²) in [5, 5.41) is 0. The van der Waals surface area contributed by atoms with Crippen molar-refractivity contribution < 1.29 is 4.74 Å². The average molecular weight is 207 g/mol. The van der Waals surface area contributed by atoms with Crippen LogP contribution in [-0.2, 0) is 18.0 Å². The number of hydrogen-bond donors (Lipinski definition) is 0. The van der Waals surface area contributed by atoms with Crippen molar-refractivity contribution in [1.82, 2.24) is 14.5 Å². The zero-order valence-electron chi connectivity index (χ0n) is 9.15. The summed E-state index contributed by atoms with van der Waals surface area (Å²) < 4.78 is 7.51. The maximum atomic E-state index is 5.29. The van der Waals surface area contributed by atoms with E-state index in [4.69, 9.17) is 4.74 Å². The van der Waals surface area contributed by atoms with E-state index in [0.717, 1.165) is 26.4 Å². The monoisotopic (exact) mass is 207 g/mol. The highest BCUT2D eigenvalue weighted by atomic mass is 16.5. The molecule has 1 saturated carbocycles. The van der Waals surface area contributed by atoms with Gasteiger partial charge in [0.1, 0.15) is 5.82 Å². The van der Waals surface area contributed by atoms with E-state index in [0.29, 0.717) is 5.41 Å². The highest BCUT2D eigenvalue weighted by molar-refractivity contribution is 5.00. The first kappa shape index (κ1) is 9.36. The van der Waals surface area contributed by atoms with Gasteiger partial charge in [-0.1, -0.05) is 0 Å². The van der Waals surface area contributed by atoms with E-state index in [2.05, 4.69) is 20.6 Å². The molecule has 82 valence electrons. The van der Waals surface area contributed by atoms with Crippen molar-refractivity contribution in [3.05, 3.63) is 18.2 Å². The Balaban J connectivity index is 1.61. The highest BCUT2D eigenvalue weighted by Gasteiger charge is 2.44. The number of imidazole rings is 1. The number of ether oxygens (including phenoxy) is 1. The molecule has 1 aromatic heterocycles. The molecule has 2 heterocycles. The lowest BCUT2D eigenvalue weighted by atomic mass is 10.1. The second-order valence-electron chi connectivity index (χ2n) is 4.87. The zero-order valence-corrected chi connectivity index (χ0v) is 9.15. The molecule has 1 aliphatic carbocycles. The van der Waals surface area contributed by atoms with Crippen LogP contribution in [0.4, 0.5) is 0 Å². The first-order chi connectivity index (χ1) is 7.31. The number of fused-ring (bicyclic) bond motifs is 1. The second kappa shape index (κ2) is 3.32. The van der Waals surface area contributed by atoms with Crippen molar-refractivity contribution in [1.29, 1.82) is 0 Å². The predicted molar refractivity (Wildman–Crippen MR) is 56.2 cm³/mol. The Labute approximate surface area is 89.9 Å². The van der Waals surface area contributed by atoms with Crippen LogP contribution in [-0.4, -0.2) is 34.7 Å². The number of aromatic nitrogens is 2. The highest BCUT2D eigenvalue weighted by Crippen LogP contribution is 2.46. The first-order valence-electron chi connectivity index (χ1n) is 5.53. The maximum absolute atomic E-state index is 5.29. The molecule has 1 fully saturated rings. The Hall–Kier alpha value is -0.870. The molecule has 1 aromatic rings. The molecule has 0 bridgehead atoms. The van der Waals surface area contributed by atoms with Crippen LogP contribution < -0.4 is 0 Å². The largest absolute Gasteiger partial charge is 0.384 e. The van der Waals surface area contributed by atoms with Gasteiger partial charge >= 0.3 is 0 Å². The van der Waals surface area contributed by atoms with Crippen molar-refractivity contribution in [2.45, 2.75) is 26.1 Å². The molecular weight excluding hydrogens is 190 g/mol. The molecule has 0 saturated heterocycles. The minimum Gasteiger partial charge on any atom is -0.384 e. The topological polar surface area (TPSA) is 30.3 Å². The molecule has 0 unspecified atom stereocenters. The molecule has 0 N–H and O–H groups in total. The summed E-state index contributed by atoms with van der Waals surface area (Å²) in [6.45, 7) is 4.06. The standard InChI is InChI=1S/C11H17N3O/c1-15-8-11(2-3-11)7-13-6-10-12-4-5-14(10)9-13/h4-5H,2-3,6-9H2,1H3. The van der Waals surface area contributed by atoms with Gasteiger partial charge in [-0.15, -0.1) is 0 Å². The number of nitrogens with zero attached hydrogens (tertiary/aromatic N) is 3. The van der Waals surface area contributed by atoms with Gasteiger partial charge < -0.3 is 9.30 Å². The summed E-state index contributed by atoms with van der Waals surface area (Å²) in [6.07, 6.45) is 6.58. The van der Waals surface area contributed by atoms with Crippen LogP contribution in [0.5, 0.6) is 0 Å². The summed E-state index contributed by atoms with van der Waals surface area (Å²) in [5.41, 5.74) is 0.457. The fourth-order valence-corrected chi connectivity index (χ4v) is 2.50. The molecule has 4 nitrogen and oxygen atoms in total. The Morgan fingerprint density at radius 3 is 3.07 bits per heavy atom. The van der Waals surface area contributed by atoms with Crippen molar-refractivity contribution in [2.24, 2.45) is 5.41 Å². The van der Waals surface area contributed by atoms with Crippen LogP contribution in [0.15, 0.2) is 12.4 Å². The molecule has 4 heteroatoms. The van der Waals surface area contributed by atoms with Crippen molar-refractivity contribution in [3.8, 4) is 0 Å². The van der Waals surface area contributed by atoms with Crippen LogP contribution in [0.2, 0.25) is 0 Å². The number of methoxy groups -OCH3 is 1. The smallest absolute Gasteiger partial charge is 0.124 e. The third kappa shape index (κ3) is 1.68. The van der Waals surface area contributed by atoms with Crippen molar-refractivity contribution in [3.63, 3.8) is 0 Å². The summed E-state index contributed by atoms with van der Waals surface area (Å²) >= 11 is 0. The van der Waals surface area contributed by atoms with Gasteiger partial charge in [-0.3, -0.25) is 4.90 Å². The second-order valence-corrected chi connectivity index (χ2v) is 4.87. The summed E-state index contributed by atoms with van der Waals surface area (Å²) in [6, 6.07) is 0. The fourth-order valence-electron chi connectivity index (χ4n) is 2.50. The van der Waals surface area contributed by atoms with E-state index in [1.54, 1.807) is 7.11 Å². The van der Waals surface area contributed by atoms with E-state index < -0.39 is 0 Å². The van der Waals surface area contributed by atoms with E-state index in [1.165, 1.54) is 18.7 Å². The van der Waals surface area contributed by atoms with Gasteiger partial charge in [0.15, 0.2) is 0 Å². The SMILES string of the molecule is COCC1(CN2Cc3nccn3C2)CC1. The summed E-state index contributed by atoms with van der Waals surface area (Å²) in [4.78, 5) is 6.80. The number of rotatable bonds is 4. The quantitative estimate of drug-likeness (QED) is 0.740. The molecule has 0 aromatic carbocycles. The third-order valence-electron chi connectivity index (χ3n) is 3.49. The van der Waals surface area contributed by atoms with Gasteiger partial charge in [0, 0.05) is 31.5 Å². The first-order valence-corrected chi connectivity index (χ1v) is 5.53. The molecule has 0 amide bonds. The predicted octanol–water partition coefficient (Wildman–Crippen LogP) is 1.08. The van der Waals surface area contributed by atoms with E-state index in [1.807, 2.05) is 6.20 Å². The van der Waals surface area contributed by atoms with Gasteiger partial charge in [-0.25, -0.2) is 4.98 Å². The third-order valence-corrected chi connectivity index (χ3v) is 3.49. The van der Waals surface area contributed by atoms with Crippen LogP contribution in [0.25, 0.3) is 0 Å². The Kier molecular flexibility index (Phi) is 2.07. The Bertz CT molecular complexity index is 336. The lowest BCUT2D eigenvalue weighted by Gasteiger charge is -2.21. The molecule has 3 rings (SSSR count). The minimum atomic E-state index is 0.457. The lowest BCUT2D eigenvalue weighted by molar-refractivity contribution is 0.102. The van der Waals surface area contributed by atoms with Gasteiger partial charge in [0.25, 0.3) is 0 Å². The lowest BCUT2D eigenvalue weighted by Crippen LogP contribution is -2.29. The Morgan fingerprint density at radius 1 is 1.53 bits per heavy atom. The Morgan fingerprint density at radius 2 is 2.40 bits per heavy atom. The molecule has 0 atom stereocenters. The normalized spacial score (nSPS) is 23.0. The van der Waals surface area contributed by atoms with Gasteiger partial charge in [0.05, 0.1) is 19.8 Å². The van der Waals surface area contributed by atoms with E-state index >= 15 is 0 Å². The van der Waals surface area contributed by atoms with E-state index in [9.17, 15) is 0 Å². The molecular formula is C11H17N3O. The van der Waals surface area contributed by atoms with Gasteiger partial charge in [0.2, 0.25) is 0 Å². The maximum Gasteiger partial charge on any atom is 0.124 e. The van der Waals surface area contributed by atoms with Crippen LogP contribution in [0.1, 0.15) is 18.7 Å². The average Bonchev–Trinajstić information content (AvgIpc) is 2.65. The van der Waals surface area contributed by atoms with Crippen molar-refractivity contribution in [2.75, 3.05) is 20.3 Å². The van der Waals surface area contributed by atoms with E-state index in [-0.39, 0.29) is 0 Å². The number of hydrogen-bond acceptors (Lipinski definition) is 3. The summed E-state index contributed by atoms with van der Waals surface area (Å²) in [7, 11) is 1.80. The van der Waals surface area contributed by atoms with Gasteiger partial charge in [-0.2, -0.15) is 0 Å². The van der Waals surface area contributed by atoms with Crippen LogP contribution in [0.3, 0.4) is 0 Å². The molecule has 0 spiro atoms. The zero-order chi connectivity index (χ0) is 10.3. The molecule has 2 aliphatic rings. The molecule has 15 heavy (non-hydrogen) atoms.